The van der Waals surface area contributed by atoms with Crippen molar-refractivity contribution in [3.63, 3.8) is 0 Å². The Hall–Kier alpha value is -2.69. The molecular formula is C18H18N2O3. The Morgan fingerprint density at radius 1 is 1.09 bits per heavy atom. The number of nitrogens with zero attached hydrogens (tertiary/aromatic N) is 1. The van der Waals surface area contributed by atoms with Gasteiger partial charge in [0.05, 0.1) is 0 Å². The summed E-state index contributed by atoms with van der Waals surface area (Å²) in [5.74, 6) is 1.49. The van der Waals surface area contributed by atoms with Gasteiger partial charge in [-0.15, -0.1) is 0 Å². The van der Waals surface area contributed by atoms with Crippen molar-refractivity contribution in [2.24, 2.45) is 0 Å². The van der Waals surface area contributed by atoms with Crippen LogP contribution in [0.2, 0.25) is 0 Å². The molecule has 5 heteroatoms. The third-order valence-electron chi connectivity index (χ3n) is 4.40. The van der Waals surface area contributed by atoms with Gasteiger partial charge in [0.2, 0.25) is 12.7 Å². The van der Waals surface area contributed by atoms with Gasteiger partial charge in [0.15, 0.2) is 11.5 Å². The van der Waals surface area contributed by atoms with Gasteiger partial charge in [-0.05, 0) is 29.3 Å². The van der Waals surface area contributed by atoms with Crippen LogP contribution in [-0.4, -0.2) is 26.8 Å². The molecule has 0 spiro atoms. The molecule has 0 saturated heterocycles. The second-order valence-corrected chi connectivity index (χ2v) is 6.08. The first-order chi connectivity index (χ1) is 11.1. The van der Waals surface area contributed by atoms with Gasteiger partial charge in [0.1, 0.15) is 0 Å². The lowest BCUT2D eigenvalue weighted by molar-refractivity contribution is -0.116. The Kier molecular flexibility index (Phi) is 3.15. The highest BCUT2D eigenvalue weighted by molar-refractivity contribution is 5.96. The lowest BCUT2D eigenvalue weighted by Gasteiger charge is -2.26. The third-order valence-corrected chi connectivity index (χ3v) is 4.40. The molecular weight excluding hydrogens is 292 g/mol. The van der Waals surface area contributed by atoms with Crippen LogP contribution in [0.3, 0.4) is 0 Å². The van der Waals surface area contributed by atoms with Crippen LogP contribution in [0, 0.1) is 0 Å². The number of amides is 1. The molecule has 118 valence electrons. The van der Waals surface area contributed by atoms with Crippen LogP contribution >= 0.6 is 0 Å². The van der Waals surface area contributed by atoms with Crippen molar-refractivity contribution in [2.45, 2.75) is 12.3 Å². The van der Waals surface area contributed by atoms with E-state index in [1.54, 1.807) is 0 Å². The molecule has 1 atom stereocenters. The van der Waals surface area contributed by atoms with E-state index in [2.05, 4.69) is 34.5 Å². The maximum Gasteiger partial charge on any atom is 0.231 e. The van der Waals surface area contributed by atoms with E-state index in [0.29, 0.717) is 12.2 Å². The number of rotatable bonds is 2. The fraction of sp³-hybridized carbons (Fsp3) is 0.278. The first kappa shape index (κ1) is 13.9. The van der Waals surface area contributed by atoms with Crippen LogP contribution in [0.15, 0.2) is 36.4 Å². The topological polar surface area (TPSA) is 50.8 Å². The van der Waals surface area contributed by atoms with Crippen molar-refractivity contribution in [1.82, 2.24) is 0 Å². The minimum absolute atomic E-state index is 0.0260. The number of hydrogen-bond acceptors (Lipinski definition) is 4. The lowest BCUT2D eigenvalue weighted by atomic mass is 9.84. The highest BCUT2D eigenvalue weighted by Crippen LogP contribution is 2.44. The molecule has 2 aromatic rings. The predicted molar refractivity (Wildman–Crippen MR) is 88.4 cm³/mol. The zero-order valence-corrected chi connectivity index (χ0v) is 13.1. The molecule has 0 bridgehead atoms. The van der Waals surface area contributed by atoms with Crippen molar-refractivity contribution in [1.29, 1.82) is 0 Å². The number of nitrogens with one attached hydrogen (secondary N) is 1. The smallest absolute Gasteiger partial charge is 0.231 e. The summed E-state index contributed by atoms with van der Waals surface area (Å²) in [7, 11) is 4.03. The molecule has 5 nitrogen and oxygen atoms in total. The fourth-order valence-corrected chi connectivity index (χ4v) is 3.15. The second-order valence-electron chi connectivity index (χ2n) is 6.08. The van der Waals surface area contributed by atoms with E-state index in [4.69, 9.17) is 9.47 Å². The SMILES string of the molecule is CN(C)c1ccc([C@H]2CC(=O)Nc3cc4c(cc32)OCO4)cc1. The summed E-state index contributed by atoms with van der Waals surface area (Å²) in [4.78, 5) is 14.2. The predicted octanol–water partition coefficient (Wildman–Crippen LogP) is 2.96. The van der Waals surface area contributed by atoms with Gasteiger partial charge < -0.3 is 19.7 Å². The van der Waals surface area contributed by atoms with E-state index in [-0.39, 0.29) is 18.6 Å². The van der Waals surface area contributed by atoms with Crippen molar-refractivity contribution >= 4 is 17.3 Å². The van der Waals surface area contributed by atoms with Crippen LogP contribution in [0.4, 0.5) is 11.4 Å². The molecule has 0 fully saturated rings. The van der Waals surface area contributed by atoms with Gasteiger partial charge in [-0.2, -0.15) is 0 Å². The Balaban J connectivity index is 1.76. The quantitative estimate of drug-likeness (QED) is 0.926. The molecule has 2 aromatic carbocycles. The molecule has 1 amide bonds. The number of hydrogen-bond donors (Lipinski definition) is 1. The van der Waals surface area contributed by atoms with Crippen LogP contribution in [0.5, 0.6) is 11.5 Å². The van der Waals surface area contributed by atoms with Crippen LogP contribution < -0.4 is 19.7 Å². The number of benzene rings is 2. The summed E-state index contributed by atoms with van der Waals surface area (Å²) in [6.45, 7) is 0.231. The standard InChI is InChI=1S/C18H18N2O3/c1-20(2)12-5-3-11(4-6-12)13-8-18(21)19-15-9-17-16(7-14(13)15)22-10-23-17/h3-7,9,13H,8,10H2,1-2H3,(H,19,21)/t13-/m1/s1. The third kappa shape index (κ3) is 2.38. The second kappa shape index (κ2) is 5.19. The van der Waals surface area contributed by atoms with E-state index >= 15 is 0 Å². The lowest BCUT2D eigenvalue weighted by Crippen LogP contribution is -2.23. The Bertz CT molecular complexity index is 769. The van der Waals surface area contributed by atoms with E-state index < -0.39 is 0 Å². The average molecular weight is 310 g/mol. The van der Waals surface area contributed by atoms with Crippen molar-refractivity contribution in [3.05, 3.63) is 47.5 Å². The summed E-state index contributed by atoms with van der Waals surface area (Å²) >= 11 is 0. The van der Waals surface area contributed by atoms with E-state index in [1.807, 2.05) is 26.2 Å². The van der Waals surface area contributed by atoms with Crippen LogP contribution in [-0.2, 0) is 4.79 Å². The van der Waals surface area contributed by atoms with E-state index in [9.17, 15) is 4.79 Å². The molecule has 0 radical (unpaired) electrons. The maximum absolute atomic E-state index is 12.1. The van der Waals surface area contributed by atoms with Crippen molar-refractivity contribution in [3.8, 4) is 11.5 Å². The number of carbonyl (C=O) groups is 1. The van der Waals surface area contributed by atoms with Gasteiger partial charge in [-0.25, -0.2) is 0 Å². The first-order valence-electron chi connectivity index (χ1n) is 7.62. The van der Waals surface area contributed by atoms with E-state index in [0.717, 1.165) is 28.3 Å². The summed E-state index contributed by atoms with van der Waals surface area (Å²) in [5, 5.41) is 2.94. The molecule has 0 aromatic heterocycles. The largest absolute Gasteiger partial charge is 0.454 e. The molecule has 4 rings (SSSR count). The van der Waals surface area contributed by atoms with Gasteiger partial charge in [-0.1, -0.05) is 12.1 Å². The fourth-order valence-electron chi connectivity index (χ4n) is 3.15. The highest BCUT2D eigenvalue weighted by Gasteiger charge is 2.29. The first-order valence-corrected chi connectivity index (χ1v) is 7.62. The number of fused-ring (bicyclic) bond motifs is 2. The van der Waals surface area contributed by atoms with Gasteiger partial charge in [0.25, 0.3) is 0 Å². The van der Waals surface area contributed by atoms with Crippen LogP contribution in [0.1, 0.15) is 23.5 Å². The Morgan fingerprint density at radius 3 is 2.48 bits per heavy atom. The molecule has 1 N–H and O–H groups in total. The summed E-state index contributed by atoms with van der Waals surface area (Å²) in [6.07, 6.45) is 0.438. The summed E-state index contributed by atoms with van der Waals surface area (Å²) in [6, 6.07) is 12.2. The van der Waals surface area contributed by atoms with E-state index in [1.165, 1.54) is 0 Å². The summed E-state index contributed by atoms with van der Waals surface area (Å²) in [5.41, 5.74) is 4.16. The molecule has 23 heavy (non-hydrogen) atoms. The number of carbonyl (C=O) groups excluding carboxylic acids is 1. The highest BCUT2D eigenvalue weighted by atomic mass is 16.7. The number of anilines is 2. The van der Waals surface area contributed by atoms with Gasteiger partial charge >= 0.3 is 0 Å². The molecule has 2 aliphatic rings. The van der Waals surface area contributed by atoms with Gasteiger partial charge in [-0.3, -0.25) is 4.79 Å². The minimum Gasteiger partial charge on any atom is -0.454 e. The zero-order valence-electron chi connectivity index (χ0n) is 13.1. The zero-order chi connectivity index (χ0) is 16.0. The Morgan fingerprint density at radius 2 is 1.78 bits per heavy atom. The van der Waals surface area contributed by atoms with Crippen LogP contribution in [0.25, 0.3) is 0 Å². The normalized spacial score (nSPS) is 18.3. The average Bonchev–Trinajstić information content (AvgIpc) is 2.99. The van der Waals surface area contributed by atoms with Crippen molar-refractivity contribution in [2.75, 3.05) is 31.1 Å². The molecule has 0 unspecified atom stereocenters. The maximum atomic E-state index is 12.1. The monoisotopic (exact) mass is 310 g/mol. The Labute approximate surface area is 134 Å². The molecule has 0 saturated carbocycles. The summed E-state index contributed by atoms with van der Waals surface area (Å²) < 4.78 is 10.9. The molecule has 0 aliphatic carbocycles. The molecule has 2 aliphatic heterocycles. The molecule has 2 heterocycles. The van der Waals surface area contributed by atoms with Gasteiger partial charge in [0, 0.05) is 43.9 Å². The number of ether oxygens (including phenoxy) is 2. The minimum atomic E-state index is 0.0260. The van der Waals surface area contributed by atoms with Crippen molar-refractivity contribution < 1.29 is 14.3 Å².